The van der Waals surface area contributed by atoms with E-state index in [1.54, 1.807) is 30.3 Å². The van der Waals surface area contributed by atoms with Gasteiger partial charge in [-0.3, -0.25) is 0 Å². The minimum Gasteiger partial charge on any atom is -0.478 e. The molecule has 0 saturated carbocycles. The van der Waals surface area contributed by atoms with Gasteiger partial charge < -0.3 is 5.11 Å². The van der Waals surface area contributed by atoms with Crippen LogP contribution in [0.3, 0.4) is 0 Å². The lowest BCUT2D eigenvalue weighted by atomic mass is 10.2. The van der Waals surface area contributed by atoms with E-state index in [1.165, 1.54) is 24.0 Å². The fourth-order valence-electron chi connectivity index (χ4n) is 1.39. The van der Waals surface area contributed by atoms with Gasteiger partial charge in [-0.15, -0.1) is 0 Å². The Bertz CT molecular complexity index is 635. The third-order valence-electron chi connectivity index (χ3n) is 2.22. The lowest BCUT2D eigenvalue weighted by Gasteiger charge is -2.05. The smallest absolute Gasteiger partial charge is 0.338 e. The highest BCUT2D eigenvalue weighted by Crippen LogP contribution is 2.30. The Kier molecular flexibility index (Phi) is 3.60. The van der Waals surface area contributed by atoms with E-state index in [0.29, 0.717) is 15.5 Å². The number of rotatable bonds is 3. The summed E-state index contributed by atoms with van der Waals surface area (Å²) in [6.07, 6.45) is 1.53. The molecule has 1 aromatic carbocycles. The van der Waals surface area contributed by atoms with Crippen LogP contribution in [0.1, 0.15) is 15.9 Å². The lowest BCUT2D eigenvalue weighted by Crippen LogP contribution is -2.00. The Balaban J connectivity index is 2.41. The van der Waals surface area contributed by atoms with Crippen LogP contribution in [0.5, 0.6) is 0 Å². The molecule has 2 aromatic rings. The van der Waals surface area contributed by atoms with Crippen LogP contribution in [0.2, 0.25) is 0 Å². The second-order valence-corrected chi connectivity index (χ2v) is 4.40. The molecule has 0 bridgehead atoms. The maximum absolute atomic E-state index is 11.0. The maximum Gasteiger partial charge on any atom is 0.338 e. The molecule has 1 N–H and O–H groups in total. The highest BCUT2D eigenvalue weighted by atomic mass is 32.2. The molecule has 1 heterocycles. The Morgan fingerprint density at radius 3 is 2.78 bits per heavy atom. The fourth-order valence-corrected chi connectivity index (χ4v) is 2.34. The van der Waals surface area contributed by atoms with Crippen molar-refractivity contribution in [2.75, 3.05) is 0 Å². The maximum atomic E-state index is 11.0. The van der Waals surface area contributed by atoms with Gasteiger partial charge >= 0.3 is 5.97 Å². The molecule has 18 heavy (non-hydrogen) atoms. The molecule has 5 heteroatoms. The van der Waals surface area contributed by atoms with Crippen molar-refractivity contribution in [1.82, 2.24) is 4.98 Å². The van der Waals surface area contributed by atoms with Crippen LogP contribution in [0.15, 0.2) is 52.5 Å². The third-order valence-corrected chi connectivity index (χ3v) is 3.31. The second kappa shape index (κ2) is 5.34. The van der Waals surface area contributed by atoms with E-state index in [1.807, 2.05) is 0 Å². The van der Waals surface area contributed by atoms with Crippen molar-refractivity contribution in [2.24, 2.45) is 0 Å². The van der Waals surface area contributed by atoms with Crippen LogP contribution < -0.4 is 0 Å². The first kappa shape index (κ1) is 12.1. The molecule has 88 valence electrons. The monoisotopic (exact) mass is 256 g/mol. The summed E-state index contributed by atoms with van der Waals surface area (Å²) >= 11 is 1.18. The van der Waals surface area contributed by atoms with Crippen molar-refractivity contribution in [3.05, 3.63) is 53.7 Å². The number of hydrogen-bond acceptors (Lipinski definition) is 4. The van der Waals surface area contributed by atoms with Gasteiger partial charge in [0, 0.05) is 11.1 Å². The minimum absolute atomic E-state index is 0.134. The van der Waals surface area contributed by atoms with Crippen LogP contribution in [0, 0.1) is 11.3 Å². The number of benzene rings is 1. The van der Waals surface area contributed by atoms with Crippen molar-refractivity contribution >= 4 is 17.7 Å². The summed E-state index contributed by atoms with van der Waals surface area (Å²) < 4.78 is 0. The van der Waals surface area contributed by atoms with Gasteiger partial charge in [0.1, 0.15) is 11.1 Å². The predicted molar refractivity (Wildman–Crippen MR) is 66.5 cm³/mol. The standard InChI is InChI=1S/C13H8N2O2S/c14-8-9-4-1-2-6-11(9)18-12-10(13(16)17)5-3-7-15-12/h1-7H,(H,16,17). The third kappa shape index (κ3) is 2.50. The van der Waals surface area contributed by atoms with Crippen LogP contribution in [0.4, 0.5) is 0 Å². The van der Waals surface area contributed by atoms with Gasteiger partial charge in [0.05, 0.1) is 11.1 Å². The molecule has 0 atom stereocenters. The number of carboxylic acids is 1. The molecular formula is C13H8N2O2S. The second-order valence-electron chi connectivity index (χ2n) is 3.37. The normalized spacial score (nSPS) is 9.72. The highest BCUT2D eigenvalue weighted by Gasteiger charge is 2.13. The van der Waals surface area contributed by atoms with Gasteiger partial charge in [-0.1, -0.05) is 23.9 Å². The molecule has 0 aliphatic carbocycles. The Labute approximate surface area is 108 Å². The zero-order chi connectivity index (χ0) is 13.0. The first-order chi connectivity index (χ1) is 8.72. The highest BCUT2D eigenvalue weighted by molar-refractivity contribution is 7.99. The average molecular weight is 256 g/mol. The first-order valence-corrected chi connectivity index (χ1v) is 5.89. The molecule has 0 fully saturated rings. The van der Waals surface area contributed by atoms with Crippen molar-refractivity contribution in [1.29, 1.82) is 5.26 Å². The molecular weight excluding hydrogens is 248 g/mol. The van der Waals surface area contributed by atoms with Gasteiger partial charge in [-0.05, 0) is 24.3 Å². The number of aromatic nitrogens is 1. The van der Waals surface area contributed by atoms with E-state index in [-0.39, 0.29) is 5.56 Å². The van der Waals surface area contributed by atoms with Gasteiger partial charge in [0.15, 0.2) is 0 Å². The SMILES string of the molecule is N#Cc1ccccc1Sc1ncccc1C(=O)O. The fraction of sp³-hybridized carbons (Fsp3) is 0. The van der Waals surface area contributed by atoms with Crippen LogP contribution >= 0.6 is 11.8 Å². The molecule has 0 unspecified atom stereocenters. The van der Waals surface area contributed by atoms with E-state index < -0.39 is 5.97 Å². The predicted octanol–water partition coefficient (Wildman–Crippen LogP) is 2.80. The average Bonchev–Trinajstić information content (AvgIpc) is 2.40. The summed E-state index contributed by atoms with van der Waals surface area (Å²) in [5, 5.41) is 18.4. The summed E-state index contributed by atoms with van der Waals surface area (Å²) in [4.78, 5) is 15.8. The zero-order valence-electron chi connectivity index (χ0n) is 9.20. The summed E-state index contributed by atoms with van der Waals surface area (Å²) in [6, 6.07) is 12.1. The molecule has 0 saturated heterocycles. The molecule has 0 spiro atoms. The summed E-state index contributed by atoms with van der Waals surface area (Å²) in [7, 11) is 0. The van der Waals surface area contributed by atoms with E-state index >= 15 is 0 Å². The number of carbonyl (C=O) groups is 1. The molecule has 0 aliphatic rings. The molecule has 2 rings (SSSR count). The number of nitriles is 1. The molecule has 0 radical (unpaired) electrons. The lowest BCUT2D eigenvalue weighted by molar-refractivity contribution is 0.0692. The van der Waals surface area contributed by atoms with E-state index in [2.05, 4.69) is 11.1 Å². The Morgan fingerprint density at radius 2 is 2.06 bits per heavy atom. The minimum atomic E-state index is -1.03. The molecule has 4 nitrogen and oxygen atoms in total. The molecule has 0 amide bonds. The quantitative estimate of drug-likeness (QED) is 0.914. The largest absolute Gasteiger partial charge is 0.478 e. The van der Waals surface area contributed by atoms with Gasteiger partial charge in [0.2, 0.25) is 0 Å². The summed E-state index contributed by atoms with van der Waals surface area (Å²) in [6.45, 7) is 0. The van der Waals surface area contributed by atoms with Crippen LogP contribution in [0.25, 0.3) is 0 Å². The summed E-state index contributed by atoms with van der Waals surface area (Å²) in [5.41, 5.74) is 0.639. The molecule has 1 aromatic heterocycles. The Hall–Kier alpha value is -2.32. The van der Waals surface area contributed by atoms with Crippen LogP contribution in [-0.2, 0) is 0 Å². The molecule has 0 aliphatic heterocycles. The number of pyridine rings is 1. The van der Waals surface area contributed by atoms with E-state index in [9.17, 15) is 4.79 Å². The van der Waals surface area contributed by atoms with Crippen molar-refractivity contribution in [3.63, 3.8) is 0 Å². The number of nitrogens with zero attached hydrogens (tertiary/aromatic N) is 2. The van der Waals surface area contributed by atoms with Gasteiger partial charge in [-0.25, -0.2) is 9.78 Å². The van der Waals surface area contributed by atoms with Crippen molar-refractivity contribution in [2.45, 2.75) is 9.92 Å². The number of hydrogen-bond donors (Lipinski definition) is 1. The van der Waals surface area contributed by atoms with E-state index in [0.717, 1.165) is 0 Å². The Morgan fingerprint density at radius 1 is 1.28 bits per heavy atom. The first-order valence-electron chi connectivity index (χ1n) is 5.07. The van der Waals surface area contributed by atoms with Crippen LogP contribution in [-0.4, -0.2) is 16.1 Å². The summed E-state index contributed by atoms with van der Waals surface area (Å²) in [5.74, 6) is -1.03. The topological polar surface area (TPSA) is 74.0 Å². The van der Waals surface area contributed by atoms with Gasteiger partial charge in [-0.2, -0.15) is 5.26 Å². The van der Waals surface area contributed by atoms with Gasteiger partial charge in [0.25, 0.3) is 0 Å². The zero-order valence-corrected chi connectivity index (χ0v) is 10.0. The van der Waals surface area contributed by atoms with Crippen molar-refractivity contribution in [3.8, 4) is 6.07 Å². The van der Waals surface area contributed by atoms with Crippen molar-refractivity contribution < 1.29 is 9.90 Å². The number of carboxylic acid groups (broad SMARTS) is 1. The van der Waals surface area contributed by atoms with E-state index in [4.69, 9.17) is 10.4 Å². The number of aromatic carboxylic acids is 1.